The standard InChI is InChI=1S/C19H21F2NO4S/c1-11-9-16(18(24)13(3)27-10-17(23)25-4)12(2)22(11)14-5-7-15(8-6-14)26-19(20)21/h5-9,13,19H,10H2,1-4H3/t13-/m1/s1. The van der Waals surface area contributed by atoms with Gasteiger partial charge in [-0.15, -0.1) is 11.8 Å². The Kier molecular flexibility index (Phi) is 7.01. The van der Waals surface area contributed by atoms with Crippen LogP contribution in [0.3, 0.4) is 0 Å². The summed E-state index contributed by atoms with van der Waals surface area (Å²) in [5.74, 6) is -0.286. The Morgan fingerprint density at radius 3 is 2.37 bits per heavy atom. The summed E-state index contributed by atoms with van der Waals surface area (Å²) in [4.78, 5) is 24.0. The third kappa shape index (κ3) is 5.09. The van der Waals surface area contributed by atoms with Gasteiger partial charge in [-0.05, 0) is 51.1 Å². The quantitative estimate of drug-likeness (QED) is 0.494. The Labute approximate surface area is 160 Å². The van der Waals surface area contributed by atoms with Gasteiger partial charge >= 0.3 is 12.6 Å². The number of rotatable bonds is 8. The molecule has 0 aliphatic rings. The Balaban J connectivity index is 2.23. The van der Waals surface area contributed by atoms with Crippen molar-refractivity contribution in [3.8, 4) is 11.4 Å². The molecule has 0 spiro atoms. The summed E-state index contributed by atoms with van der Waals surface area (Å²) < 4.78 is 35.4. The number of hydrogen-bond donors (Lipinski definition) is 0. The Morgan fingerprint density at radius 2 is 1.81 bits per heavy atom. The largest absolute Gasteiger partial charge is 0.468 e. The van der Waals surface area contributed by atoms with Crippen molar-refractivity contribution < 1.29 is 27.8 Å². The van der Waals surface area contributed by atoms with E-state index in [0.717, 1.165) is 17.1 Å². The zero-order valence-corrected chi connectivity index (χ0v) is 16.3. The topological polar surface area (TPSA) is 57.5 Å². The molecule has 0 saturated carbocycles. The molecule has 0 amide bonds. The van der Waals surface area contributed by atoms with Crippen molar-refractivity contribution in [3.63, 3.8) is 0 Å². The highest BCUT2D eigenvalue weighted by Gasteiger charge is 2.22. The number of esters is 1. The van der Waals surface area contributed by atoms with Crippen molar-refractivity contribution in [2.45, 2.75) is 32.6 Å². The molecular formula is C19H21F2NO4S. The molecule has 27 heavy (non-hydrogen) atoms. The second-order valence-corrected chi connectivity index (χ2v) is 7.22. The summed E-state index contributed by atoms with van der Waals surface area (Å²) in [6.45, 7) is 2.55. The van der Waals surface area contributed by atoms with Gasteiger partial charge in [-0.25, -0.2) is 0 Å². The number of halogens is 2. The SMILES string of the molecule is COC(=O)CS[C@H](C)C(=O)c1cc(C)n(-c2ccc(OC(F)F)cc2)c1C. The van der Waals surface area contributed by atoms with Gasteiger partial charge in [-0.2, -0.15) is 8.78 Å². The van der Waals surface area contributed by atoms with Gasteiger partial charge in [-0.3, -0.25) is 9.59 Å². The van der Waals surface area contributed by atoms with E-state index in [0.29, 0.717) is 5.56 Å². The molecule has 1 aromatic heterocycles. The minimum absolute atomic E-state index is 0.0698. The number of alkyl halides is 2. The molecule has 0 unspecified atom stereocenters. The first-order chi connectivity index (χ1) is 12.7. The van der Waals surface area contributed by atoms with Crippen molar-refractivity contribution in [2.24, 2.45) is 0 Å². The zero-order chi connectivity index (χ0) is 20.1. The molecule has 0 aliphatic heterocycles. The van der Waals surface area contributed by atoms with Gasteiger partial charge in [0, 0.05) is 22.6 Å². The van der Waals surface area contributed by atoms with Crippen molar-refractivity contribution in [1.82, 2.24) is 4.57 Å². The monoisotopic (exact) mass is 397 g/mol. The molecule has 0 bridgehead atoms. The summed E-state index contributed by atoms with van der Waals surface area (Å²) in [6.07, 6.45) is 0. The number of aryl methyl sites for hydroxylation is 1. The predicted molar refractivity (Wildman–Crippen MR) is 100 cm³/mol. The Hall–Kier alpha value is -2.35. The van der Waals surface area contributed by atoms with E-state index >= 15 is 0 Å². The van der Waals surface area contributed by atoms with E-state index in [-0.39, 0.29) is 23.3 Å². The van der Waals surface area contributed by atoms with Crippen LogP contribution in [0, 0.1) is 13.8 Å². The molecule has 5 nitrogen and oxygen atoms in total. The minimum Gasteiger partial charge on any atom is -0.468 e. The number of ketones is 1. The minimum atomic E-state index is -2.88. The third-order valence-corrected chi connectivity index (χ3v) is 5.18. The lowest BCUT2D eigenvalue weighted by molar-refractivity contribution is -0.137. The molecule has 0 radical (unpaired) electrons. The molecule has 8 heteroatoms. The molecule has 1 atom stereocenters. The van der Waals surface area contributed by atoms with E-state index in [1.807, 2.05) is 18.4 Å². The number of Topliss-reactive ketones (excluding diaryl/α,β-unsaturated/α-hetero) is 1. The first-order valence-corrected chi connectivity index (χ1v) is 9.26. The molecule has 1 aromatic carbocycles. The maximum absolute atomic E-state index is 12.7. The molecular weight excluding hydrogens is 376 g/mol. The van der Waals surface area contributed by atoms with Crippen LogP contribution in [0.15, 0.2) is 30.3 Å². The fourth-order valence-electron chi connectivity index (χ4n) is 2.73. The van der Waals surface area contributed by atoms with Crippen LogP contribution in [0.1, 0.15) is 28.7 Å². The van der Waals surface area contributed by atoms with Gasteiger partial charge in [0.15, 0.2) is 5.78 Å². The molecule has 0 fully saturated rings. The van der Waals surface area contributed by atoms with Gasteiger partial charge in [-0.1, -0.05) is 0 Å². The average Bonchev–Trinajstić information content (AvgIpc) is 2.93. The molecule has 146 valence electrons. The maximum Gasteiger partial charge on any atom is 0.387 e. The molecule has 1 heterocycles. The van der Waals surface area contributed by atoms with Crippen LogP contribution in [0.4, 0.5) is 8.78 Å². The van der Waals surface area contributed by atoms with Crippen LogP contribution in [0.25, 0.3) is 5.69 Å². The van der Waals surface area contributed by atoms with Crippen LogP contribution in [-0.2, 0) is 9.53 Å². The van der Waals surface area contributed by atoms with Crippen LogP contribution in [-0.4, -0.2) is 41.0 Å². The van der Waals surface area contributed by atoms with E-state index in [9.17, 15) is 18.4 Å². The number of benzene rings is 1. The molecule has 0 N–H and O–H groups in total. The number of hydrogen-bond acceptors (Lipinski definition) is 5. The van der Waals surface area contributed by atoms with Gasteiger partial charge in [0.2, 0.25) is 0 Å². The Morgan fingerprint density at radius 1 is 1.19 bits per heavy atom. The summed E-state index contributed by atoms with van der Waals surface area (Å²) in [5, 5.41) is -0.403. The summed E-state index contributed by atoms with van der Waals surface area (Å²) in [5.41, 5.74) is 2.87. The molecule has 0 saturated heterocycles. The smallest absolute Gasteiger partial charge is 0.387 e. The van der Waals surface area contributed by atoms with Gasteiger partial charge in [0.1, 0.15) is 5.75 Å². The zero-order valence-electron chi connectivity index (χ0n) is 15.5. The second kappa shape index (κ2) is 9.03. The van der Waals surface area contributed by atoms with Crippen molar-refractivity contribution in [2.75, 3.05) is 12.9 Å². The average molecular weight is 397 g/mol. The van der Waals surface area contributed by atoms with E-state index in [1.54, 1.807) is 25.1 Å². The lowest BCUT2D eigenvalue weighted by atomic mass is 10.1. The second-order valence-electron chi connectivity index (χ2n) is 5.89. The van der Waals surface area contributed by atoms with Crippen molar-refractivity contribution in [3.05, 3.63) is 47.3 Å². The number of aromatic nitrogens is 1. The van der Waals surface area contributed by atoms with Gasteiger partial charge < -0.3 is 14.0 Å². The number of ether oxygens (including phenoxy) is 2. The predicted octanol–water partition coefficient (Wildman–Crippen LogP) is 4.17. The first kappa shape index (κ1) is 21.0. The van der Waals surface area contributed by atoms with E-state index in [2.05, 4.69) is 9.47 Å². The van der Waals surface area contributed by atoms with Crippen molar-refractivity contribution >= 4 is 23.5 Å². The number of thioether (sulfide) groups is 1. The van der Waals surface area contributed by atoms with Crippen LogP contribution >= 0.6 is 11.8 Å². The fourth-order valence-corrected chi connectivity index (χ4v) is 3.52. The molecule has 2 aromatic rings. The number of nitrogens with zero attached hydrogens (tertiary/aromatic N) is 1. The van der Waals surface area contributed by atoms with Crippen molar-refractivity contribution in [1.29, 1.82) is 0 Å². The number of methoxy groups -OCH3 is 1. The normalized spacial score (nSPS) is 12.1. The fraction of sp³-hybridized carbons (Fsp3) is 0.368. The van der Waals surface area contributed by atoms with Crippen LogP contribution in [0.5, 0.6) is 5.75 Å². The lowest BCUT2D eigenvalue weighted by Gasteiger charge is -2.12. The highest BCUT2D eigenvalue weighted by Crippen LogP contribution is 2.26. The Bertz CT molecular complexity index is 818. The van der Waals surface area contributed by atoms with E-state index in [4.69, 9.17) is 0 Å². The highest BCUT2D eigenvalue weighted by molar-refractivity contribution is 8.01. The number of carbonyl (C=O) groups excluding carboxylic acids is 2. The maximum atomic E-state index is 12.7. The van der Waals surface area contributed by atoms with Gasteiger partial charge in [0.25, 0.3) is 0 Å². The van der Waals surface area contributed by atoms with E-state index < -0.39 is 11.9 Å². The number of carbonyl (C=O) groups is 2. The summed E-state index contributed by atoms with van der Waals surface area (Å²) >= 11 is 1.22. The van der Waals surface area contributed by atoms with Gasteiger partial charge in [0.05, 0.1) is 18.1 Å². The van der Waals surface area contributed by atoms with Crippen LogP contribution < -0.4 is 4.74 Å². The molecule has 2 rings (SSSR count). The summed E-state index contributed by atoms with van der Waals surface area (Å²) in [6, 6.07) is 8.01. The molecule has 0 aliphatic carbocycles. The summed E-state index contributed by atoms with van der Waals surface area (Å²) in [7, 11) is 1.31. The lowest BCUT2D eigenvalue weighted by Crippen LogP contribution is -2.17. The highest BCUT2D eigenvalue weighted by atomic mass is 32.2. The third-order valence-electron chi connectivity index (χ3n) is 4.06. The first-order valence-electron chi connectivity index (χ1n) is 8.21. The van der Waals surface area contributed by atoms with Crippen LogP contribution in [0.2, 0.25) is 0 Å². The van der Waals surface area contributed by atoms with E-state index in [1.165, 1.54) is 31.0 Å².